The topological polar surface area (TPSA) is 89.7 Å². The summed E-state index contributed by atoms with van der Waals surface area (Å²) in [6, 6.07) is 4.37. The predicted molar refractivity (Wildman–Crippen MR) is 60.1 cm³/mol. The first-order chi connectivity index (χ1) is 7.91. The van der Waals surface area contributed by atoms with Crippen LogP contribution in [0.25, 0.3) is 0 Å². The van der Waals surface area contributed by atoms with E-state index in [1.54, 1.807) is 13.0 Å². The van der Waals surface area contributed by atoms with Crippen LogP contribution in [-0.4, -0.2) is 22.6 Å². The molecule has 0 aliphatic rings. The third-order valence-corrected chi connectivity index (χ3v) is 2.02. The molecule has 0 saturated carbocycles. The van der Waals surface area contributed by atoms with Crippen molar-refractivity contribution in [2.24, 2.45) is 0 Å². The Bertz CT molecular complexity index is 481. The van der Waals surface area contributed by atoms with E-state index >= 15 is 0 Å². The summed E-state index contributed by atoms with van der Waals surface area (Å²) in [5.41, 5.74) is 0.418. The molecule has 0 aliphatic heterocycles. The van der Waals surface area contributed by atoms with Gasteiger partial charge in [-0.15, -0.1) is 0 Å². The van der Waals surface area contributed by atoms with Gasteiger partial charge in [-0.1, -0.05) is 12.6 Å². The summed E-state index contributed by atoms with van der Waals surface area (Å²) >= 11 is 0. The molecule has 0 atom stereocenters. The molecule has 0 aromatic heterocycles. The molecule has 6 heteroatoms. The second-order valence-electron chi connectivity index (χ2n) is 3.43. The fraction of sp³-hybridized carbons (Fsp3) is 0.182. The Labute approximate surface area is 97.3 Å². The van der Waals surface area contributed by atoms with Crippen LogP contribution >= 0.6 is 0 Å². The maximum absolute atomic E-state index is 10.7. The second-order valence-corrected chi connectivity index (χ2v) is 3.43. The summed E-state index contributed by atoms with van der Waals surface area (Å²) in [5, 5.41) is 19.3. The molecule has 0 bridgehead atoms. The molecule has 0 radical (unpaired) electrons. The van der Waals surface area contributed by atoms with Crippen molar-refractivity contribution in [2.45, 2.75) is 6.92 Å². The zero-order valence-electron chi connectivity index (χ0n) is 9.17. The highest BCUT2D eigenvalue weighted by molar-refractivity contribution is 5.86. The van der Waals surface area contributed by atoms with Crippen LogP contribution < -0.4 is 4.74 Å². The minimum Gasteiger partial charge on any atom is -0.482 e. The molecule has 1 aromatic carbocycles. The molecule has 0 saturated heterocycles. The van der Waals surface area contributed by atoms with Crippen molar-refractivity contribution in [1.29, 1.82) is 0 Å². The van der Waals surface area contributed by atoms with Gasteiger partial charge in [-0.3, -0.25) is 10.1 Å². The number of benzene rings is 1. The van der Waals surface area contributed by atoms with Gasteiger partial charge in [-0.25, -0.2) is 4.79 Å². The number of rotatable bonds is 5. The van der Waals surface area contributed by atoms with Gasteiger partial charge in [-0.2, -0.15) is 0 Å². The molecule has 1 rings (SSSR count). The highest BCUT2D eigenvalue weighted by atomic mass is 16.6. The Hall–Kier alpha value is -2.37. The van der Waals surface area contributed by atoms with Gasteiger partial charge in [0.05, 0.1) is 10.5 Å². The molecular weight excluding hydrogens is 226 g/mol. The number of aryl methyl sites for hydroxylation is 1. The lowest BCUT2D eigenvalue weighted by Crippen LogP contribution is -2.09. The zero-order valence-corrected chi connectivity index (χ0v) is 9.17. The molecular formula is C11H11NO5. The van der Waals surface area contributed by atoms with Crippen LogP contribution in [0.3, 0.4) is 0 Å². The molecule has 1 N–H and O–H groups in total. The van der Waals surface area contributed by atoms with Crippen LogP contribution in [0.1, 0.15) is 5.56 Å². The molecule has 0 spiro atoms. The summed E-state index contributed by atoms with van der Waals surface area (Å²) in [5.74, 6) is -1.15. The first-order valence-electron chi connectivity index (χ1n) is 4.70. The van der Waals surface area contributed by atoms with E-state index in [-0.39, 0.29) is 23.6 Å². The first kappa shape index (κ1) is 12.7. The number of ether oxygens (including phenoxy) is 1. The summed E-state index contributed by atoms with van der Waals surface area (Å²) in [7, 11) is 0. The largest absolute Gasteiger partial charge is 0.482 e. The number of carboxylic acids is 1. The first-order valence-corrected chi connectivity index (χ1v) is 4.70. The van der Waals surface area contributed by atoms with Crippen molar-refractivity contribution in [3.05, 3.63) is 46.0 Å². The van der Waals surface area contributed by atoms with E-state index in [1.165, 1.54) is 12.1 Å². The van der Waals surface area contributed by atoms with E-state index in [0.29, 0.717) is 0 Å². The molecule has 0 heterocycles. The van der Waals surface area contributed by atoms with Crippen LogP contribution in [0.15, 0.2) is 30.4 Å². The maximum atomic E-state index is 10.7. The molecule has 0 aliphatic carbocycles. The third-order valence-electron chi connectivity index (χ3n) is 2.02. The average Bonchev–Trinajstić information content (AvgIpc) is 2.25. The molecule has 1 aromatic rings. The van der Waals surface area contributed by atoms with Gasteiger partial charge < -0.3 is 9.84 Å². The van der Waals surface area contributed by atoms with Gasteiger partial charge in [0.1, 0.15) is 6.61 Å². The van der Waals surface area contributed by atoms with Gasteiger partial charge >= 0.3 is 11.7 Å². The molecule has 0 fully saturated rings. The number of carbonyl (C=O) groups is 1. The van der Waals surface area contributed by atoms with Gasteiger partial charge in [0.2, 0.25) is 0 Å². The van der Waals surface area contributed by atoms with Crippen molar-refractivity contribution in [3.63, 3.8) is 0 Å². The van der Waals surface area contributed by atoms with Crippen LogP contribution in [0.5, 0.6) is 5.75 Å². The predicted octanol–water partition coefficient (Wildman–Crippen LogP) is 1.92. The number of nitrogens with zero attached hydrogens (tertiary/aromatic N) is 1. The molecule has 6 nitrogen and oxygen atoms in total. The number of aliphatic carboxylic acids is 1. The number of hydrogen-bond acceptors (Lipinski definition) is 4. The molecule has 90 valence electrons. The summed E-state index contributed by atoms with van der Waals surface area (Å²) < 4.78 is 5.08. The average molecular weight is 237 g/mol. The molecule has 0 amide bonds. The van der Waals surface area contributed by atoms with Crippen molar-refractivity contribution in [3.8, 4) is 5.75 Å². The van der Waals surface area contributed by atoms with Crippen molar-refractivity contribution in [2.75, 3.05) is 6.61 Å². The lowest BCUT2D eigenvalue weighted by molar-refractivity contribution is -0.385. The minimum atomic E-state index is -1.19. The summed E-state index contributed by atoms with van der Waals surface area (Å²) in [6.07, 6.45) is 0. The maximum Gasteiger partial charge on any atom is 0.334 e. The lowest BCUT2D eigenvalue weighted by atomic mass is 10.2. The molecule has 17 heavy (non-hydrogen) atoms. The number of carboxylic acid groups (broad SMARTS) is 1. The Morgan fingerprint density at radius 3 is 2.76 bits per heavy atom. The fourth-order valence-electron chi connectivity index (χ4n) is 1.11. The Kier molecular flexibility index (Phi) is 3.82. The van der Waals surface area contributed by atoms with Gasteiger partial charge in [0, 0.05) is 6.07 Å². The fourth-order valence-corrected chi connectivity index (χ4v) is 1.11. The Balaban J connectivity index is 2.89. The number of hydrogen-bond donors (Lipinski definition) is 1. The van der Waals surface area contributed by atoms with Crippen molar-refractivity contribution in [1.82, 2.24) is 0 Å². The number of nitro groups is 1. The van der Waals surface area contributed by atoms with Crippen LogP contribution in [0, 0.1) is 17.0 Å². The van der Waals surface area contributed by atoms with E-state index < -0.39 is 10.9 Å². The van der Waals surface area contributed by atoms with E-state index in [4.69, 9.17) is 9.84 Å². The SMILES string of the molecule is C=C(COc1cc(C)ccc1[N+](=O)[O-])C(=O)O. The van der Waals surface area contributed by atoms with E-state index in [9.17, 15) is 14.9 Å². The highest BCUT2D eigenvalue weighted by Crippen LogP contribution is 2.27. The van der Waals surface area contributed by atoms with Gasteiger partial charge in [-0.05, 0) is 18.6 Å². The van der Waals surface area contributed by atoms with E-state index in [2.05, 4.69) is 6.58 Å². The van der Waals surface area contributed by atoms with E-state index in [1.807, 2.05) is 0 Å². The summed E-state index contributed by atoms with van der Waals surface area (Å²) in [4.78, 5) is 20.6. The molecule has 0 unspecified atom stereocenters. The monoisotopic (exact) mass is 237 g/mol. The van der Waals surface area contributed by atoms with Gasteiger partial charge in [0.15, 0.2) is 5.75 Å². The Morgan fingerprint density at radius 1 is 1.59 bits per heavy atom. The normalized spacial score (nSPS) is 9.71. The number of nitro benzene ring substituents is 1. The van der Waals surface area contributed by atoms with Gasteiger partial charge in [0.25, 0.3) is 0 Å². The van der Waals surface area contributed by atoms with Crippen LogP contribution in [-0.2, 0) is 4.79 Å². The van der Waals surface area contributed by atoms with Crippen LogP contribution in [0.4, 0.5) is 5.69 Å². The summed E-state index contributed by atoms with van der Waals surface area (Å²) in [6.45, 7) is 4.73. The van der Waals surface area contributed by atoms with Crippen molar-refractivity contribution >= 4 is 11.7 Å². The highest BCUT2D eigenvalue weighted by Gasteiger charge is 2.16. The zero-order chi connectivity index (χ0) is 13.0. The van der Waals surface area contributed by atoms with Crippen molar-refractivity contribution < 1.29 is 19.6 Å². The van der Waals surface area contributed by atoms with E-state index in [0.717, 1.165) is 5.56 Å². The minimum absolute atomic E-state index is 0.0393. The second kappa shape index (κ2) is 5.11. The van der Waals surface area contributed by atoms with Crippen LogP contribution in [0.2, 0.25) is 0 Å². The standard InChI is InChI=1S/C11H11NO5/c1-7-3-4-9(12(15)16)10(5-7)17-6-8(2)11(13)14/h3-5H,2,6H2,1H3,(H,13,14). The Morgan fingerprint density at radius 2 is 2.24 bits per heavy atom. The third kappa shape index (κ3) is 3.30. The smallest absolute Gasteiger partial charge is 0.334 e. The quantitative estimate of drug-likeness (QED) is 0.480. The lowest BCUT2D eigenvalue weighted by Gasteiger charge is -2.07.